The molecule has 1 saturated carbocycles. The Morgan fingerprint density at radius 1 is 1.12 bits per heavy atom. The van der Waals surface area contributed by atoms with Crippen molar-refractivity contribution in [1.82, 2.24) is 4.98 Å². The fraction of sp³-hybridized carbons (Fsp3) is 0.694. The fourth-order valence-electron chi connectivity index (χ4n) is 7.79. The maximum Gasteiger partial charge on any atom is 0.309 e. The van der Waals surface area contributed by atoms with Gasteiger partial charge < -0.3 is 25.4 Å². The van der Waals surface area contributed by atoms with Crippen molar-refractivity contribution < 1.29 is 25.2 Å². The van der Waals surface area contributed by atoms with Crippen LogP contribution >= 0.6 is 0 Å². The summed E-state index contributed by atoms with van der Waals surface area (Å²) in [5, 5.41) is 43.5. The van der Waals surface area contributed by atoms with Gasteiger partial charge in [-0.05, 0) is 87.7 Å². The second-order valence-corrected chi connectivity index (χ2v) is 13.7. The van der Waals surface area contributed by atoms with Crippen LogP contribution in [-0.2, 0) is 11.2 Å². The van der Waals surface area contributed by atoms with Gasteiger partial charge in [0.05, 0.1) is 29.8 Å². The SMILES string of the molecule is CCCCC[C@@H]1C=C[C@@H](CCCCC[C@H](C(=O)O)[C@H](O)CC[C@]2(O)C[C@H](CC3=C[CH+]N=C3)C[C@H]2Cc2ccc[nH]2)[C@H](O)C1. The summed E-state index contributed by atoms with van der Waals surface area (Å²) in [4.78, 5) is 19.6. The Morgan fingerprint density at radius 2 is 1.95 bits per heavy atom. The summed E-state index contributed by atoms with van der Waals surface area (Å²) in [6.45, 7) is 4.01. The standard InChI is InChI=1S/C36H54N2O5/c1-2-3-5-9-26-13-14-29(34(40)22-26)10-6-4-7-12-32(35(41)42)33(39)15-17-36(43)24-28(20-27-16-19-37-25-27)21-30(36)23-31-11-8-18-38-31/h8,11,13-14,16,18-19,25-26,28-30,32-34,38-40,43H,2-7,9-10,12,15,17,20-24H2,1H3/p+1/t26-,28-,29-,30+,32+,33-,34-,36+/m1/s1. The second kappa shape index (κ2) is 16.6. The van der Waals surface area contributed by atoms with Gasteiger partial charge in [0.25, 0.3) is 0 Å². The molecule has 1 aromatic rings. The highest BCUT2D eigenvalue weighted by atomic mass is 16.4. The van der Waals surface area contributed by atoms with E-state index in [1.807, 2.05) is 30.6 Å². The molecule has 0 aromatic carbocycles. The lowest BCUT2D eigenvalue weighted by Crippen LogP contribution is -2.37. The lowest BCUT2D eigenvalue weighted by molar-refractivity contribution is -0.146. The number of carboxylic acid groups (broad SMARTS) is 1. The molecule has 43 heavy (non-hydrogen) atoms. The predicted octanol–water partition coefficient (Wildman–Crippen LogP) is 6.80. The van der Waals surface area contributed by atoms with Crippen LogP contribution in [0.15, 0.2) is 47.1 Å². The van der Waals surface area contributed by atoms with Gasteiger partial charge >= 0.3 is 5.97 Å². The molecule has 1 aromatic heterocycles. The maximum atomic E-state index is 12.1. The molecule has 0 unspecified atom stereocenters. The van der Waals surface area contributed by atoms with Gasteiger partial charge in [-0.15, -0.1) is 4.99 Å². The molecule has 2 heterocycles. The average molecular weight is 596 g/mol. The highest BCUT2D eigenvalue weighted by Gasteiger charge is 2.47. The van der Waals surface area contributed by atoms with Crippen LogP contribution in [-0.4, -0.2) is 55.4 Å². The first kappa shape index (κ1) is 33.5. The van der Waals surface area contributed by atoms with E-state index < -0.39 is 23.6 Å². The third-order valence-electron chi connectivity index (χ3n) is 10.3. The van der Waals surface area contributed by atoms with Crippen LogP contribution in [0.25, 0.3) is 0 Å². The van der Waals surface area contributed by atoms with Gasteiger partial charge in [0.1, 0.15) is 12.1 Å². The third-order valence-corrected chi connectivity index (χ3v) is 10.3. The third kappa shape index (κ3) is 10.1. The summed E-state index contributed by atoms with van der Waals surface area (Å²) in [5.41, 5.74) is 1.33. The highest BCUT2D eigenvalue weighted by Crippen LogP contribution is 2.47. The topological polar surface area (TPSA) is 126 Å². The lowest BCUT2D eigenvalue weighted by Gasteiger charge is -2.32. The smallest absolute Gasteiger partial charge is 0.309 e. The van der Waals surface area contributed by atoms with Crippen molar-refractivity contribution in [2.75, 3.05) is 0 Å². The van der Waals surface area contributed by atoms with Gasteiger partial charge in [-0.25, -0.2) is 0 Å². The molecular weight excluding hydrogens is 540 g/mol. The number of rotatable bonds is 19. The Hall–Kier alpha value is -2.35. The minimum absolute atomic E-state index is 0.0466. The first-order chi connectivity index (χ1) is 20.8. The number of hydrogen-bond donors (Lipinski definition) is 5. The number of allylic oxidation sites excluding steroid dienone is 2. The van der Waals surface area contributed by atoms with E-state index >= 15 is 0 Å². The van der Waals surface area contributed by atoms with Crippen LogP contribution in [0, 0.1) is 36.1 Å². The molecule has 7 heteroatoms. The van der Waals surface area contributed by atoms with Crippen LogP contribution in [0.2, 0.25) is 0 Å². The molecule has 7 nitrogen and oxygen atoms in total. The summed E-state index contributed by atoms with van der Waals surface area (Å²) in [6, 6.07) is 4.01. The van der Waals surface area contributed by atoms with E-state index in [-0.39, 0.29) is 24.4 Å². The van der Waals surface area contributed by atoms with Crippen molar-refractivity contribution in [2.24, 2.45) is 34.6 Å². The molecule has 2 aliphatic carbocycles. The van der Waals surface area contributed by atoms with Gasteiger partial charge in [0.2, 0.25) is 0 Å². The summed E-state index contributed by atoms with van der Waals surface area (Å²) in [6.07, 6.45) is 22.4. The normalized spacial score (nSPS) is 29.9. The minimum atomic E-state index is -0.987. The quantitative estimate of drug-likeness (QED) is 0.0683. The number of hydrogen-bond acceptors (Lipinski definition) is 5. The van der Waals surface area contributed by atoms with E-state index in [0.717, 1.165) is 63.5 Å². The monoisotopic (exact) mass is 595 g/mol. The number of aliphatic imine (C=N–C) groups is 1. The summed E-state index contributed by atoms with van der Waals surface area (Å²) < 4.78 is 0. The number of H-pyrrole nitrogens is 1. The molecule has 238 valence electrons. The number of aliphatic hydroxyl groups excluding tert-OH is 2. The Balaban J connectivity index is 1.22. The number of carboxylic acids is 1. The Kier molecular flexibility index (Phi) is 13.0. The zero-order chi connectivity index (χ0) is 30.7. The Morgan fingerprint density at radius 3 is 2.65 bits per heavy atom. The van der Waals surface area contributed by atoms with E-state index in [0.29, 0.717) is 31.1 Å². The van der Waals surface area contributed by atoms with Crippen LogP contribution < -0.4 is 0 Å². The Bertz CT molecular complexity index is 1070. The zero-order valence-corrected chi connectivity index (χ0v) is 26.1. The number of aliphatic hydroxyl groups is 3. The molecule has 4 rings (SSSR count). The summed E-state index contributed by atoms with van der Waals surface area (Å²) >= 11 is 0. The van der Waals surface area contributed by atoms with Gasteiger partial charge in [0.15, 0.2) is 6.21 Å². The van der Waals surface area contributed by atoms with Gasteiger partial charge in [-0.3, -0.25) is 4.79 Å². The number of unbranched alkanes of at least 4 members (excludes halogenated alkanes) is 4. The molecule has 5 N–H and O–H groups in total. The summed E-state index contributed by atoms with van der Waals surface area (Å²) in [7, 11) is 0. The van der Waals surface area contributed by atoms with Gasteiger partial charge in [-0.2, -0.15) is 0 Å². The van der Waals surface area contributed by atoms with Crippen LogP contribution in [0.1, 0.15) is 109 Å². The molecule has 1 fully saturated rings. The molecule has 1 aliphatic heterocycles. The van der Waals surface area contributed by atoms with Crippen molar-refractivity contribution in [2.45, 2.75) is 127 Å². The van der Waals surface area contributed by atoms with Gasteiger partial charge in [0, 0.05) is 24.2 Å². The van der Waals surface area contributed by atoms with E-state index in [9.17, 15) is 25.2 Å². The molecule has 0 saturated heterocycles. The van der Waals surface area contributed by atoms with Crippen molar-refractivity contribution in [1.29, 1.82) is 0 Å². The first-order valence-corrected chi connectivity index (χ1v) is 16.9. The van der Waals surface area contributed by atoms with E-state index in [1.54, 1.807) is 6.54 Å². The number of nitrogens with zero attached hydrogens (tertiary/aromatic N) is 1. The molecule has 0 radical (unpaired) electrons. The van der Waals surface area contributed by atoms with Crippen LogP contribution in [0.4, 0.5) is 0 Å². The first-order valence-electron chi connectivity index (χ1n) is 16.9. The summed E-state index contributed by atoms with van der Waals surface area (Å²) in [5.74, 6) is -0.743. The predicted molar refractivity (Wildman–Crippen MR) is 171 cm³/mol. The molecule has 0 spiro atoms. The number of nitrogens with one attached hydrogen (secondary N) is 1. The Labute approximate surface area is 258 Å². The number of aromatic amines is 1. The minimum Gasteiger partial charge on any atom is -0.481 e. The number of carbonyl (C=O) groups is 1. The number of aromatic nitrogens is 1. The van der Waals surface area contributed by atoms with E-state index in [2.05, 4.69) is 29.1 Å². The molecule has 3 aliphatic rings. The second-order valence-electron chi connectivity index (χ2n) is 13.7. The van der Waals surface area contributed by atoms with Crippen LogP contribution in [0.5, 0.6) is 0 Å². The van der Waals surface area contributed by atoms with Crippen molar-refractivity contribution in [3.8, 4) is 0 Å². The largest absolute Gasteiger partial charge is 0.481 e. The molecule has 0 amide bonds. The lowest BCUT2D eigenvalue weighted by atomic mass is 9.80. The van der Waals surface area contributed by atoms with Crippen molar-refractivity contribution in [3.63, 3.8) is 0 Å². The zero-order valence-electron chi connectivity index (χ0n) is 26.1. The maximum absolute atomic E-state index is 12.1. The van der Waals surface area contributed by atoms with Crippen molar-refractivity contribution >= 4 is 12.2 Å². The van der Waals surface area contributed by atoms with Crippen LogP contribution in [0.3, 0.4) is 0 Å². The van der Waals surface area contributed by atoms with E-state index in [4.69, 9.17) is 0 Å². The average Bonchev–Trinajstić information content (AvgIpc) is 3.74. The number of aliphatic carboxylic acids is 1. The van der Waals surface area contributed by atoms with Gasteiger partial charge in [-0.1, -0.05) is 57.6 Å². The van der Waals surface area contributed by atoms with Crippen molar-refractivity contribution in [3.05, 3.63) is 54.4 Å². The molecule has 0 bridgehead atoms. The fourth-order valence-corrected chi connectivity index (χ4v) is 7.79. The molecular formula is C36H55N2O5+. The highest BCUT2D eigenvalue weighted by molar-refractivity contribution is 5.81. The molecule has 8 atom stereocenters. The van der Waals surface area contributed by atoms with E-state index in [1.165, 1.54) is 24.8 Å².